The Balaban J connectivity index is 1.98. The van der Waals surface area contributed by atoms with Gasteiger partial charge in [-0.3, -0.25) is 9.59 Å². The molecule has 1 aliphatic heterocycles. The third kappa shape index (κ3) is 2.05. The third-order valence-corrected chi connectivity index (χ3v) is 3.99. The van der Waals surface area contributed by atoms with E-state index >= 15 is 0 Å². The van der Waals surface area contributed by atoms with E-state index in [2.05, 4.69) is 0 Å². The molecule has 0 saturated carbocycles. The number of ketones is 1. The predicted molar refractivity (Wildman–Crippen MR) is 80.8 cm³/mol. The van der Waals surface area contributed by atoms with Crippen LogP contribution in [0.4, 0.5) is 5.69 Å². The largest absolute Gasteiger partial charge is 0.458 e. The normalized spacial score (nSPS) is 20.3. The van der Waals surface area contributed by atoms with E-state index in [1.54, 1.807) is 43.3 Å². The lowest BCUT2D eigenvalue weighted by Gasteiger charge is -2.21. The number of anilines is 1. The van der Waals surface area contributed by atoms with Crippen LogP contribution in [0.25, 0.3) is 0 Å². The maximum absolute atomic E-state index is 12.6. The van der Waals surface area contributed by atoms with Crippen molar-refractivity contribution >= 4 is 17.4 Å². The smallest absolute Gasteiger partial charge is 0.264 e. The van der Waals surface area contributed by atoms with E-state index in [1.807, 2.05) is 6.92 Å². The van der Waals surface area contributed by atoms with Gasteiger partial charge in [-0.25, -0.2) is 0 Å². The van der Waals surface area contributed by atoms with Crippen LogP contribution in [0.1, 0.15) is 35.2 Å². The minimum atomic E-state index is -1.83. The number of nitrogens with zero attached hydrogens (tertiary/aromatic N) is 1. The molecule has 1 N–H and O–H groups in total. The molecule has 0 spiro atoms. The van der Waals surface area contributed by atoms with Crippen LogP contribution in [-0.2, 0) is 10.4 Å². The van der Waals surface area contributed by atoms with E-state index in [4.69, 9.17) is 4.42 Å². The van der Waals surface area contributed by atoms with Crippen LogP contribution in [-0.4, -0.2) is 23.3 Å². The van der Waals surface area contributed by atoms with Crippen molar-refractivity contribution < 1.29 is 19.1 Å². The Morgan fingerprint density at radius 3 is 2.64 bits per heavy atom. The van der Waals surface area contributed by atoms with Crippen molar-refractivity contribution in [3.8, 4) is 0 Å². The van der Waals surface area contributed by atoms with Crippen molar-refractivity contribution in [2.75, 3.05) is 11.4 Å². The second-order valence-corrected chi connectivity index (χ2v) is 5.44. The highest BCUT2D eigenvalue weighted by Crippen LogP contribution is 2.42. The van der Waals surface area contributed by atoms with Crippen LogP contribution < -0.4 is 4.90 Å². The Bertz CT molecular complexity index is 749. The van der Waals surface area contributed by atoms with Gasteiger partial charge in [0, 0.05) is 12.1 Å². The summed E-state index contributed by atoms with van der Waals surface area (Å²) >= 11 is 0. The lowest BCUT2D eigenvalue weighted by molar-refractivity contribution is -0.135. The molecule has 3 rings (SSSR count). The number of likely N-dealkylation sites (N-methyl/N-ethyl adjacent to an activating group) is 1. The summed E-state index contributed by atoms with van der Waals surface area (Å²) < 4.78 is 5.29. The molecule has 2 heterocycles. The number of benzene rings is 1. The van der Waals surface area contributed by atoms with Crippen LogP contribution in [0, 0.1) is 6.92 Å². The number of carbonyl (C=O) groups is 2. The first-order valence-corrected chi connectivity index (χ1v) is 7.21. The zero-order valence-electron chi connectivity index (χ0n) is 12.5. The van der Waals surface area contributed by atoms with E-state index in [-0.39, 0.29) is 12.2 Å². The Labute approximate surface area is 128 Å². The van der Waals surface area contributed by atoms with Crippen molar-refractivity contribution in [2.45, 2.75) is 25.9 Å². The van der Waals surface area contributed by atoms with Gasteiger partial charge in [-0.15, -0.1) is 0 Å². The quantitative estimate of drug-likeness (QED) is 0.880. The number of rotatable bonds is 4. The first kappa shape index (κ1) is 14.5. The highest BCUT2D eigenvalue weighted by molar-refractivity contribution is 6.10. The number of carbonyl (C=O) groups excluding carboxylic acids is 2. The molecule has 1 atom stereocenters. The molecule has 5 heteroatoms. The molecule has 0 saturated heterocycles. The third-order valence-electron chi connectivity index (χ3n) is 3.99. The summed E-state index contributed by atoms with van der Waals surface area (Å²) in [6.07, 6.45) is -0.327. The van der Waals surface area contributed by atoms with E-state index in [1.165, 1.54) is 4.90 Å². The summed E-state index contributed by atoms with van der Waals surface area (Å²) in [4.78, 5) is 26.4. The first-order valence-electron chi connectivity index (χ1n) is 7.21. The lowest BCUT2D eigenvalue weighted by Crippen LogP contribution is -2.41. The Morgan fingerprint density at radius 1 is 1.27 bits per heavy atom. The summed E-state index contributed by atoms with van der Waals surface area (Å²) in [5.74, 6) is -0.0839. The van der Waals surface area contributed by atoms with Gasteiger partial charge >= 0.3 is 0 Å². The molecule has 1 unspecified atom stereocenters. The maximum atomic E-state index is 12.6. The number of Topliss-reactive ketones (excluding diaryl/α,β-unsaturated/α-hetero) is 1. The number of hydrogen-bond acceptors (Lipinski definition) is 4. The number of fused-ring (bicyclic) bond motifs is 1. The summed E-state index contributed by atoms with van der Waals surface area (Å²) in [5, 5.41) is 10.9. The molecule has 0 fully saturated rings. The molecule has 22 heavy (non-hydrogen) atoms. The van der Waals surface area contributed by atoms with Gasteiger partial charge in [0.15, 0.2) is 11.4 Å². The SMILES string of the molecule is CCN1C(=O)C(O)(CC(=O)c2ccc(C)o2)c2ccccc21. The van der Waals surface area contributed by atoms with Crippen molar-refractivity contribution in [1.82, 2.24) is 0 Å². The molecular formula is C17H17NO4. The summed E-state index contributed by atoms with van der Waals surface area (Å²) in [6.45, 7) is 4.00. The Kier molecular flexibility index (Phi) is 3.37. The van der Waals surface area contributed by atoms with Gasteiger partial charge < -0.3 is 14.4 Å². The molecule has 0 aliphatic carbocycles. The van der Waals surface area contributed by atoms with Gasteiger partial charge in [-0.05, 0) is 32.0 Å². The van der Waals surface area contributed by atoms with E-state index in [0.717, 1.165) is 0 Å². The Hall–Kier alpha value is -2.40. The van der Waals surface area contributed by atoms with Gasteiger partial charge in [0.1, 0.15) is 5.76 Å². The molecule has 2 aromatic rings. The van der Waals surface area contributed by atoms with Gasteiger partial charge in [0.05, 0.1) is 12.1 Å². The number of hydrogen-bond donors (Lipinski definition) is 1. The lowest BCUT2D eigenvalue weighted by atomic mass is 9.89. The molecule has 1 aliphatic rings. The fraction of sp³-hybridized carbons (Fsp3) is 0.294. The maximum Gasteiger partial charge on any atom is 0.264 e. The summed E-state index contributed by atoms with van der Waals surface area (Å²) in [7, 11) is 0. The number of amides is 1. The molecule has 1 aromatic carbocycles. The number of aliphatic hydroxyl groups is 1. The molecular weight excluding hydrogens is 282 g/mol. The topological polar surface area (TPSA) is 70.8 Å². The predicted octanol–water partition coefficient (Wildman–Crippen LogP) is 2.42. The molecule has 0 radical (unpaired) electrons. The van der Waals surface area contributed by atoms with Crippen LogP contribution in [0.3, 0.4) is 0 Å². The van der Waals surface area contributed by atoms with Crippen molar-refractivity contribution in [1.29, 1.82) is 0 Å². The highest BCUT2D eigenvalue weighted by atomic mass is 16.3. The van der Waals surface area contributed by atoms with E-state index in [9.17, 15) is 14.7 Å². The monoisotopic (exact) mass is 299 g/mol. The standard InChI is InChI=1S/C17H17NO4/c1-3-18-13-7-5-4-6-12(13)17(21,16(18)20)10-14(19)15-9-8-11(2)22-15/h4-9,21H,3,10H2,1-2H3. The van der Waals surface area contributed by atoms with E-state index in [0.29, 0.717) is 23.6 Å². The second kappa shape index (κ2) is 5.10. The number of furan rings is 1. The Morgan fingerprint density at radius 2 is 2.00 bits per heavy atom. The highest BCUT2D eigenvalue weighted by Gasteiger charge is 2.50. The molecule has 0 bridgehead atoms. The zero-order chi connectivity index (χ0) is 15.9. The number of aryl methyl sites for hydroxylation is 1. The zero-order valence-corrected chi connectivity index (χ0v) is 12.5. The van der Waals surface area contributed by atoms with Crippen LogP contribution in [0.2, 0.25) is 0 Å². The van der Waals surface area contributed by atoms with Crippen molar-refractivity contribution in [3.05, 3.63) is 53.5 Å². The molecule has 114 valence electrons. The van der Waals surface area contributed by atoms with Crippen LogP contribution in [0.5, 0.6) is 0 Å². The average Bonchev–Trinajstić information content (AvgIpc) is 3.02. The fourth-order valence-corrected chi connectivity index (χ4v) is 2.90. The summed E-state index contributed by atoms with van der Waals surface area (Å²) in [6, 6.07) is 10.2. The van der Waals surface area contributed by atoms with Gasteiger partial charge in [-0.1, -0.05) is 18.2 Å². The van der Waals surface area contributed by atoms with Crippen molar-refractivity contribution in [3.63, 3.8) is 0 Å². The van der Waals surface area contributed by atoms with Crippen molar-refractivity contribution in [2.24, 2.45) is 0 Å². The second-order valence-electron chi connectivity index (χ2n) is 5.44. The molecule has 5 nitrogen and oxygen atoms in total. The van der Waals surface area contributed by atoms with Gasteiger partial charge in [-0.2, -0.15) is 0 Å². The van der Waals surface area contributed by atoms with Crippen LogP contribution in [0.15, 0.2) is 40.8 Å². The minimum Gasteiger partial charge on any atom is -0.458 e. The first-order chi connectivity index (χ1) is 10.5. The molecule has 1 amide bonds. The van der Waals surface area contributed by atoms with E-state index < -0.39 is 17.3 Å². The summed E-state index contributed by atoms with van der Waals surface area (Å²) in [5.41, 5.74) is -0.705. The van der Waals surface area contributed by atoms with Gasteiger partial charge in [0.25, 0.3) is 5.91 Å². The van der Waals surface area contributed by atoms with Crippen LogP contribution >= 0.6 is 0 Å². The average molecular weight is 299 g/mol. The minimum absolute atomic E-state index is 0.158. The number of para-hydroxylation sites is 1. The fourth-order valence-electron chi connectivity index (χ4n) is 2.90. The van der Waals surface area contributed by atoms with Gasteiger partial charge in [0.2, 0.25) is 5.78 Å². The molecule has 1 aromatic heterocycles.